The summed E-state index contributed by atoms with van der Waals surface area (Å²) < 4.78 is 11.5. The molecule has 29 heavy (non-hydrogen) atoms. The van der Waals surface area contributed by atoms with E-state index in [1.54, 1.807) is 20.8 Å². The third kappa shape index (κ3) is 8.02. The van der Waals surface area contributed by atoms with Gasteiger partial charge < -0.3 is 14.8 Å². The van der Waals surface area contributed by atoms with Crippen LogP contribution in [-0.2, 0) is 16.1 Å². The van der Waals surface area contributed by atoms with E-state index in [0.29, 0.717) is 15.7 Å². The Hall–Kier alpha value is -2.13. The van der Waals surface area contributed by atoms with Gasteiger partial charge >= 0.3 is 12.2 Å². The summed E-state index contributed by atoms with van der Waals surface area (Å²) >= 11 is 4.68. The van der Waals surface area contributed by atoms with Crippen molar-refractivity contribution in [1.29, 1.82) is 0 Å². The number of benzene rings is 1. The van der Waals surface area contributed by atoms with Crippen molar-refractivity contribution in [1.82, 2.24) is 10.3 Å². The highest BCUT2D eigenvalue weighted by atomic mass is 79.9. The molecule has 0 unspecified atom stereocenters. The maximum absolute atomic E-state index is 12.1. The van der Waals surface area contributed by atoms with Gasteiger partial charge in [-0.3, -0.25) is 5.32 Å². The Morgan fingerprint density at radius 1 is 1.14 bits per heavy atom. The van der Waals surface area contributed by atoms with Crippen LogP contribution in [0.4, 0.5) is 14.7 Å². The number of carbonyl (C=O) groups excluding carboxylic acids is 2. The number of rotatable bonds is 4. The van der Waals surface area contributed by atoms with Gasteiger partial charge in [-0.15, -0.1) is 0 Å². The first kappa shape index (κ1) is 23.2. The van der Waals surface area contributed by atoms with Gasteiger partial charge in [0.25, 0.3) is 0 Å². The summed E-state index contributed by atoms with van der Waals surface area (Å²) in [4.78, 5) is 29.3. The molecule has 1 heterocycles. The van der Waals surface area contributed by atoms with Crippen LogP contribution in [0.25, 0.3) is 11.3 Å². The van der Waals surface area contributed by atoms with E-state index in [9.17, 15) is 9.59 Å². The molecule has 9 heteroatoms. The zero-order chi connectivity index (χ0) is 21.8. The van der Waals surface area contributed by atoms with Gasteiger partial charge in [0.2, 0.25) is 0 Å². The molecule has 0 bridgehead atoms. The van der Waals surface area contributed by atoms with Gasteiger partial charge in [0.05, 0.1) is 10.6 Å². The minimum atomic E-state index is -0.620. The third-order valence-electron chi connectivity index (χ3n) is 3.21. The maximum atomic E-state index is 12.1. The number of thiazole rings is 1. The fourth-order valence-electron chi connectivity index (χ4n) is 2.23. The van der Waals surface area contributed by atoms with E-state index < -0.39 is 23.3 Å². The zero-order valence-electron chi connectivity index (χ0n) is 17.4. The summed E-state index contributed by atoms with van der Waals surface area (Å²) in [6.07, 6.45) is -1.11. The highest BCUT2D eigenvalue weighted by Crippen LogP contribution is 2.33. The molecule has 0 saturated heterocycles. The van der Waals surface area contributed by atoms with Crippen molar-refractivity contribution in [2.45, 2.75) is 59.3 Å². The highest BCUT2D eigenvalue weighted by Gasteiger charge is 2.21. The van der Waals surface area contributed by atoms with Crippen molar-refractivity contribution in [2.75, 3.05) is 5.32 Å². The number of anilines is 1. The molecule has 2 N–H and O–H groups in total. The number of ether oxygens (including phenoxy) is 2. The minimum Gasteiger partial charge on any atom is -0.444 e. The predicted octanol–water partition coefficient (Wildman–Crippen LogP) is 5.94. The summed E-state index contributed by atoms with van der Waals surface area (Å²) in [7, 11) is 0. The topological polar surface area (TPSA) is 89.6 Å². The predicted molar refractivity (Wildman–Crippen MR) is 118 cm³/mol. The molecule has 0 radical (unpaired) electrons. The molecule has 0 aliphatic rings. The normalized spacial score (nSPS) is 11.7. The van der Waals surface area contributed by atoms with Crippen LogP contribution in [0.5, 0.6) is 0 Å². The van der Waals surface area contributed by atoms with Gasteiger partial charge in [-0.2, -0.15) is 0 Å². The Balaban J connectivity index is 2.24. The second kappa shape index (κ2) is 9.13. The molecular formula is C20H26BrN3O4S. The summed E-state index contributed by atoms with van der Waals surface area (Å²) in [6, 6.07) is 7.60. The number of alkyl carbamates (subject to hydrolysis) is 1. The lowest BCUT2D eigenvalue weighted by atomic mass is 10.1. The van der Waals surface area contributed by atoms with E-state index >= 15 is 0 Å². The fraction of sp³-hybridized carbons (Fsp3) is 0.450. The number of hydrogen-bond donors (Lipinski definition) is 2. The fourth-order valence-corrected chi connectivity index (χ4v) is 3.51. The van der Waals surface area contributed by atoms with Crippen LogP contribution < -0.4 is 10.6 Å². The van der Waals surface area contributed by atoms with E-state index in [1.807, 2.05) is 45.0 Å². The largest absolute Gasteiger partial charge is 0.444 e. The van der Waals surface area contributed by atoms with Crippen LogP contribution in [0.1, 0.15) is 46.4 Å². The molecule has 2 rings (SSSR count). The van der Waals surface area contributed by atoms with Gasteiger partial charge in [0.15, 0.2) is 5.13 Å². The lowest BCUT2D eigenvalue weighted by Crippen LogP contribution is -2.40. The van der Waals surface area contributed by atoms with Gasteiger partial charge in [0.1, 0.15) is 12.2 Å². The van der Waals surface area contributed by atoms with Crippen molar-refractivity contribution >= 4 is 44.6 Å². The van der Waals surface area contributed by atoms with Crippen molar-refractivity contribution in [3.05, 3.63) is 33.6 Å². The molecule has 0 saturated carbocycles. The first-order valence-corrected chi connectivity index (χ1v) is 10.6. The molecule has 7 nitrogen and oxygen atoms in total. The number of nitrogens with one attached hydrogen (secondary N) is 2. The monoisotopic (exact) mass is 483 g/mol. The van der Waals surface area contributed by atoms with Crippen LogP contribution in [0.15, 0.2) is 28.7 Å². The lowest BCUT2D eigenvalue weighted by molar-refractivity contribution is 0.0635. The number of carbonyl (C=O) groups is 2. The van der Waals surface area contributed by atoms with Crippen LogP contribution in [-0.4, -0.2) is 28.3 Å². The molecule has 0 aliphatic carbocycles. The van der Waals surface area contributed by atoms with E-state index in [2.05, 4.69) is 31.5 Å². The highest BCUT2D eigenvalue weighted by molar-refractivity contribution is 9.10. The minimum absolute atomic E-state index is 0.0252. The molecular weight excluding hydrogens is 458 g/mol. The molecule has 0 spiro atoms. The Morgan fingerprint density at radius 3 is 2.41 bits per heavy atom. The number of hydrogen-bond acceptors (Lipinski definition) is 6. The van der Waals surface area contributed by atoms with Gasteiger partial charge in [-0.25, -0.2) is 14.6 Å². The van der Waals surface area contributed by atoms with Crippen molar-refractivity contribution in [3.63, 3.8) is 0 Å². The van der Waals surface area contributed by atoms with Crippen LogP contribution in [0.3, 0.4) is 0 Å². The molecule has 0 aliphatic heterocycles. The van der Waals surface area contributed by atoms with Gasteiger partial charge in [0, 0.05) is 15.6 Å². The van der Waals surface area contributed by atoms with E-state index in [-0.39, 0.29) is 6.61 Å². The average molecular weight is 484 g/mol. The van der Waals surface area contributed by atoms with Crippen molar-refractivity contribution < 1.29 is 19.1 Å². The number of nitrogens with zero attached hydrogens (tertiary/aromatic N) is 1. The average Bonchev–Trinajstić information content (AvgIpc) is 2.92. The Morgan fingerprint density at radius 2 is 1.83 bits per heavy atom. The first-order valence-electron chi connectivity index (χ1n) is 9.03. The number of aromatic nitrogens is 1. The summed E-state index contributed by atoms with van der Waals surface area (Å²) in [5.41, 5.74) is 0.445. The maximum Gasteiger partial charge on any atom is 0.413 e. The molecule has 1 aromatic heterocycles. The quantitative estimate of drug-likeness (QED) is 0.560. The molecule has 0 atom stereocenters. The van der Waals surface area contributed by atoms with E-state index in [4.69, 9.17) is 9.47 Å². The van der Waals surface area contributed by atoms with Crippen LogP contribution in [0.2, 0.25) is 0 Å². The second-order valence-electron chi connectivity index (χ2n) is 8.38. The summed E-state index contributed by atoms with van der Waals surface area (Å²) in [5.74, 6) is 0. The van der Waals surface area contributed by atoms with Gasteiger partial charge in [-0.05, 0) is 53.7 Å². The molecule has 1 aromatic carbocycles. The summed E-state index contributed by atoms with van der Waals surface area (Å²) in [5, 5.41) is 5.76. The van der Waals surface area contributed by atoms with Crippen molar-refractivity contribution in [3.8, 4) is 11.3 Å². The summed E-state index contributed by atoms with van der Waals surface area (Å²) in [6.45, 7) is 11.0. The zero-order valence-corrected chi connectivity index (χ0v) is 19.8. The Kier molecular flexibility index (Phi) is 7.29. The van der Waals surface area contributed by atoms with Crippen LogP contribution >= 0.6 is 27.3 Å². The molecule has 2 aromatic rings. The third-order valence-corrected chi connectivity index (χ3v) is 4.65. The smallest absolute Gasteiger partial charge is 0.413 e. The van der Waals surface area contributed by atoms with Crippen molar-refractivity contribution in [2.24, 2.45) is 0 Å². The number of halogens is 1. The first-order chi connectivity index (χ1) is 13.3. The lowest BCUT2D eigenvalue weighted by Gasteiger charge is -2.19. The molecule has 0 fully saturated rings. The van der Waals surface area contributed by atoms with Gasteiger partial charge in [-0.1, -0.05) is 39.4 Å². The van der Waals surface area contributed by atoms with Crippen LogP contribution in [0, 0.1) is 0 Å². The number of amides is 2. The second-order valence-corrected chi connectivity index (χ2v) is 10.4. The Labute approximate surface area is 183 Å². The molecule has 2 amide bonds. The SMILES string of the molecule is CC(C)(C)NC(=O)OCc1sc(NC(=O)OC(C)(C)C)nc1-c1cccc(Br)c1. The molecule has 158 valence electrons. The Bertz CT molecular complexity index is 885. The standard InChI is InChI=1S/C20H26BrN3O4S/c1-19(2,3)24-18(26)27-11-14-15(12-8-7-9-13(21)10-12)22-16(29-14)23-17(25)28-20(4,5)6/h7-10H,11H2,1-6H3,(H,24,26)(H,22,23,25). The van der Waals surface area contributed by atoms with E-state index in [1.165, 1.54) is 11.3 Å². The van der Waals surface area contributed by atoms with E-state index in [0.717, 1.165) is 10.0 Å².